The quantitative estimate of drug-likeness (QED) is 0.484. The molecule has 1 N–H and O–H groups in total. The van der Waals surface area contributed by atoms with Gasteiger partial charge in [0.05, 0.1) is 36.2 Å². The highest BCUT2D eigenvalue weighted by Crippen LogP contribution is 2.63. The summed E-state index contributed by atoms with van der Waals surface area (Å²) in [7, 11) is 0. The maximum atomic E-state index is 15.3. The van der Waals surface area contributed by atoms with Crippen LogP contribution in [-0.4, -0.2) is 61.9 Å². The number of ether oxygens (including phenoxy) is 2. The van der Waals surface area contributed by atoms with Crippen LogP contribution < -0.4 is 10.2 Å². The zero-order valence-corrected chi connectivity index (χ0v) is 22.7. The Morgan fingerprint density at radius 3 is 2.69 bits per heavy atom. The van der Waals surface area contributed by atoms with Gasteiger partial charge in [0.1, 0.15) is 17.5 Å². The Kier molecular flexibility index (Phi) is 6.24. The number of halogens is 1. The number of aromatic nitrogens is 4. The summed E-state index contributed by atoms with van der Waals surface area (Å²) in [4.78, 5) is 31.2. The molecule has 2 amide bonds. The van der Waals surface area contributed by atoms with E-state index in [4.69, 9.17) is 9.47 Å². The molecule has 12 heteroatoms. The average Bonchev–Trinajstić information content (AvgIpc) is 3.42. The van der Waals surface area contributed by atoms with Crippen molar-refractivity contribution in [2.75, 3.05) is 23.0 Å². The van der Waals surface area contributed by atoms with Crippen LogP contribution in [0.3, 0.4) is 0 Å². The van der Waals surface area contributed by atoms with E-state index in [9.17, 15) is 9.59 Å². The van der Waals surface area contributed by atoms with E-state index in [2.05, 4.69) is 20.6 Å². The number of pyridine rings is 1. The van der Waals surface area contributed by atoms with Crippen LogP contribution in [0.15, 0.2) is 48.9 Å². The van der Waals surface area contributed by atoms with Gasteiger partial charge in [-0.3, -0.25) is 9.88 Å². The lowest BCUT2D eigenvalue weighted by Crippen LogP contribution is -2.42. The number of carbonyl (C=O) groups is 2. The SMILES string of the molecule is CC(C)(C)OC(=O)NC1(c2ccc(-c3ccc(N4C[C@H](Cn5ccnn5)OC4=O)cc3F)cn2)[C@@H]2CSC[C@@H]21. The van der Waals surface area contributed by atoms with Gasteiger partial charge in [-0.2, -0.15) is 11.8 Å². The molecule has 0 spiro atoms. The first kappa shape index (κ1) is 25.6. The molecule has 4 heterocycles. The van der Waals surface area contributed by atoms with E-state index in [1.54, 1.807) is 35.4 Å². The Morgan fingerprint density at radius 1 is 1.26 bits per heavy atom. The second kappa shape index (κ2) is 9.51. The zero-order chi connectivity index (χ0) is 27.4. The molecule has 1 aliphatic carbocycles. The number of carbonyl (C=O) groups excluding carboxylic acids is 2. The number of nitrogens with zero attached hydrogens (tertiary/aromatic N) is 5. The summed E-state index contributed by atoms with van der Waals surface area (Å²) in [5.74, 6) is 1.99. The number of anilines is 1. The number of alkyl carbamates (subject to hydrolysis) is 1. The van der Waals surface area contributed by atoms with Crippen LogP contribution in [0.1, 0.15) is 26.5 Å². The predicted molar refractivity (Wildman–Crippen MR) is 143 cm³/mol. The van der Waals surface area contributed by atoms with E-state index in [0.717, 1.165) is 17.2 Å². The minimum absolute atomic E-state index is 0.279. The fourth-order valence-electron chi connectivity index (χ4n) is 5.53. The largest absolute Gasteiger partial charge is 0.444 e. The first-order chi connectivity index (χ1) is 18.6. The Labute approximate surface area is 229 Å². The molecule has 2 aromatic heterocycles. The number of fused-ring (bicyclic) bond motifs is 1. The van der Waals surface area contributed by atoms with Crippen molar-refractivity contribution in [3.8, 4) is 11.1 Å². The number of rotatable bonds is 6. The smallest absolute Gasteiger partial charge is 0.414 e. The molecule has 2 aliphatic heterocycles. The van der Waals surface area contributed by atoms with E-state index in [-0.39, 0.29) is 18.4 Å². The van der Waals surface area contributed by atoms with Gasteiger partial charge in [-0.25, -0.2) is 18.7 Å². The molecule has 4 atom stereocenters. The third-order valence-corrected chi connectivity index (χ3v) is 8.54. The standard InChI is InChI=1S/C27H29FN6O4S/c1-26(2,3)38-24(35)31-27(20-14-39-15-21(20)27)23-7-4-16(11-29-23)19-6-5-17(10-22(19)28)34-13-18(37-25(34)36)12-33-9-8-30-32-33/h4-11,18,20-21H,12-15H2,1-3H3,(H,31,35)/t18-,20-,21+,27?/m0/s1. The third-order valence-electron chi connectivity index (χ3n) is 7.35. The van der Waals surface area contributed by atoms with Crippen molar-refractivity contribution in [2.45, 2.75) is 44.6 Å². The van der Waals surface area contributed by atoms with Crippen molar-refractivity contribution in [1.29, 1.82) is 0 Å². The average molecular weight is 553 g/mol. The summed E-state index contributed by atoms with van der Waals surface area (Å²) in [6.07, 6.45) is 3.46. The van der Waals surface area contributed by atoms with E-state index in [0.29, 0.717) is 23.4 Å². The molecule has 3 aliphatic rings. The van der Waals surface area contributed by atoms with Crippen molar-refractivity contribution < 1.29 is 23.5 Å². The molecule has 204 valence electrons. The molecule has 1 aromatic carbocycles. The fourth-order valence-corrected chi connectivity index (χ4v) is 7.16. The number of benzene rings is 1. The van der Waals surface area contributed by atoms with Crippen molar-refractivity contribution in [3.63, 3.8) is 0 Å². The van der Waals surface area contributed by atoms with Crippen LogP contribution in [0.2, 0.25) is 0 Å². The molecule has 0 bridgehead atoms. The molecule has 0 radical (unpaired) electrons. The van der Waals surface area contributed by atoms with Crippen LogP contribution in [-0.2, 0) is 21.6 Å². The number of hydrogen-bond acceptors (Lipinski definition) is 8. The van der Waals surface area contributed by atoms with Gasteiger partial charge >= 0.3 is 12.2 Å². The lowest BCUT2D eigenvalue weighted by atomic mass is 10.0. The van der Waals surface area contributed by atoms with Gasteiger partial charge in [-0.05, 0) is 56.5 Å². The highest BCUT2D eigenvalue weighted by atomic mass is 32.2. The molecule has 1 unspecified atom stereocenters. The molecular formula is C27H29FN6O4S. The van der Waals surface area contributed by atoms with Gasteiger partial charge in [-0.15, -0.1) is 5.10 Å². The highest BCUT2D eigenvalue weighted by Gasteiger charge is 2.69. The molecular weight excluding hydrogens is 523 g/mol. The van der Waals surface area contributed by atoms with E-state index in [1.807, 2.05) is 44.7 Å². The second-order valence-corrected chi connectivity index (χ2v) is 12.2. The molecule has 2 saturated heterocycles. The number of hydrogen-bond donors (Lipinski definition) is 1. The fraction of sp³-hybridized carbons (Fsp3) is 0.444. The summed E-state index contributed by atoms with van der Waals surface area (Å²) in [6.45, 7) is 6.14. The van der Waals surface area contributed by atoms with Gasteiger partial charge in [0, 0.05) is 35.4 Å². The van der Waals surface area contributed by atoms with Gasteiger partial charge in [0.25, 0.3) is 0 Å². The molecule has 3 fully saturated rings. The normalized spacial score (nSPS) is 25.8. The van der Waals surface area contributed by atoms with E-state index < -0.39 is 35.2 Å². The summed E-state index contributed by atoms with van der Waals surface area (Å²) in [5, 5.41) is 10.7. The Morgan fingerprint density at radius 2 is 2.05 bits per heavy atom. The van der Waals surface area contributed by atoms with Gasteiger partial charge in [0.15, 0.2) is 0 Å². The summed E-state index contributed by atoms with van der Waals surface area (Å²) >= 11 is 1.87. The first-order valence-corrected chi connectivity index (χ1v) is 14.0. The van der Waals surface area contributed by atoms with Crippen LogP contribution >= 0.6 is 11.8 Å². The minimum atomic E-state index is -0.602. The summed E-state index contributed by atoms with van der Waals surface area (Å²) in [6, 6.07) is 8.33. The van der Waals surface area contributed by atoms with Crippen LogP contribution in [0, 0.1) is 17.7 Å². The topological polar surface area (TPSA) is 111 Å². The van der Waals surface area contributed by atoms with Gasteiger partial charge in [-0.1, -0.05) is 11.3 Å². The molecule has 39 heavy (non-hydrogen) atoms. The van der Waals surface area contributed by atoms with Crippen LogP contribution in [0.5, 0.6) is 0 Å². The maximum Gasteiger partial charge on any atom is 0.414 e. The molecule has 3 aromatic rings. The predicted octanol–water partition coefficient (Wildman–Crippen LogP) is 4.22. The molecule has 10 nitrogen and oxygen atoms in total. The van der Waals surface area contributed by atoms with Crippen LogP contribution in [0.25, 0.3) is 11.1 Å². The second-order valence-electron chi connectivity index (χ2n) is 11.1. The van der Waals surface area contributed by atoms with Crippen molar-refractivity contribution in [3.05, 3.63) is 60.4 Å². The first-order valence-electron chi connectivity index (χ1n) is 12.8. The molecule has 6 rings (SSSR count). The minimum Gasteiger partial charge on any atom is -0.444 e. The monoisotopic (exact) mass is 552 g/mol. The van der Waals surface area contributed by atoms with Crippen LogP contribution in [0.4, 0.5) is 19.7 Å². The van der Waals surface area contributed by atoms with Crippen molar-refractivity contribution in [2.24, 2.45) is 11.8 Å². The third kappa shape index (κ3) is 4.81. The van der Waals surface area contributed by atoms with Gasteiger partial charge in [0.2, 0.25) is 0 Å². The number of cyclic esters (lactones) is 1. The maximum absolute atomic E-state index is 15.3. The Balaban J connectivity index is 1.18. The lowest BCUT2D eigenvalue weighted by molar-refractivity contribution is 0.0484. The Bertz CT molecular complexity index is 1380. The van der Waals surface area contributed by atoms with Gasteiger partial charge < -0.3 is 14.8 Å². The lowest BCUT2D eigenvalue weighted by Gasteiger charge is -2.26. The van der Waals surface area contributed by atoms with E-state index >= 15 is 4.39 Å². The zero-order valence-electron chi connectivity index (χ0n) is 21.8. The molecule has 1 saturated carbocycles. The van der Waals surface area contributed by atoms with E-state index in [1.165, 1.54) is 11.0 Å². The number of amides is 2. The van der Waals surface area contributed by atoms with Crippen molar-refractivity contribution in [1.82, 2.24) is 25.3 Å². The number of thioether (sulfide) groups is 1. The number of nitrogens with one attached hydrogen (secondary N) is 1. The van der Waals surface area contributed by atoms with Crippen molar-refractivity contribution >= 4 is 29.6 Å². The summed E-state index contributed by atoms with van der Waals surface area (Å²) < 4.78 is 27.8. The Hall–Kier alpha value is -3.67. The highest BCUT2D eigenvalue weighted by molar-refractivity contribution is 7.99. The summed E-state index contributed by atoms with van der Waals surface area (Å²) in [5.41, 5.74) is 0.967.